The van der Waals surface area contributed by atoms with Crippen LogP contribution in [-0.4, -0.2) is 130 Å². The number of quaternary nitrogens is 2. The number of ether oxygens (including phenoxy) is 3. The van der Waals surface area contributed by atoms with Crippen LogP contribution >= 0.6 is 0 Å². The van der Waals surface area contributed by atoms with Crippen LogP contribution in [-0.2, 0) is 33.4 Å². The van der Waals surface area contributed by atoms with Crippen molar-refractivity contribution in [2.75, 3.05) is 74.1 Å². The fourth-order valence-corrected chi connectivity index (χ4v) is 6.14. The van der Waals surface area contributed by atoms with Crippen LogP contribution in [0, 0.1) is 0 Å². The van der Waals surface area contributed by atoms with E-state index in [-0.39, 0.29) is 54.1 Å². The van der Waals surface area contributed by atoms with Gasteiger partial charge in [0, 0.05) is 33.4 Å². The van der Waals surface area contributed by atoms with Gasteiger partial charge >= 0.3 is 23.9 Å². The number of aliphatic hydroxyl groups is 1. The first-order valence-corrected chi connectivity index (χ1v) is 21.6. The molecular formula is C43H82N4O9+2. The summed E-state index contributed by atoms with van der Waals surface area (Å²) in [5, 5.41) is 16.9. The Labute approximate surface area is 339 Å². The summed E-state index contributed by atoms with van der Waals surface area (Å²) >= 11 is 0. The maximum atomic E-state index is 12.7. The smallest absolute Gasteiger partial charge is 0.416 e. The van der Waals surface area contributed by atoms with Gasteiger partial charge < -0.3 is 34.4 Å². The predicted molar refractivity (Wildman–Crippen MR) is 222 cm³/mol. The lowest BCUT2D eigenvalue weighted by Gasteiger charge is -2.30. The van der Waals surface area contributed by atoms with E-state index in [4.69, 9.17) is 14.2 Å². The molecule has 56 heavy (non-hydrogen) atoms. The molecule has 0 aromatic rings. The topological polar surface area (TPSA) is 157 Å². The van der Waals surface area contributed by atoms with Gasteiger partial charge in [0.15, 0.2) is 6.54 Å². The van der Waals surface area contributed by atoms with Crippen LogP contribution in [0.15, 0.2) is 12.2 Å². The lowest BCUT2D eigenvalue weighted by molar-refractivity contribution is -0.883. The van der Waals surface area contributed by atoms with E-state index in [1.807, 2.05) is 34.3 Å². The van der Waals surface area contributed by atoms with Crippen molar-refractivity contribution < 1.29 is 52.3 Å². The number of nitrogens with one attached hydrogen (secondary N) is 2. The summed E-state index contributed by atoms with van der Waals surface area (Å²) in [7, 11) is 7.39. The number of likely N-dealkylation sites (N-methyl/N-ethyl adjacent to an activating group) is 2. The summed E-state index contributed by atoms with van der Waals surface area (Å²) in [6.45, 7) is 7.79. The molecule has 0 rings (SSSR count). The summed E-state index contributed by atoms with van der Waals surface area (Å²) < 4.78 is 16.2. The fourth-order valence-electron chi connectivity index (χ4n) is 6.14. The fraction of sp³-hybridized carbons (Fsp3) is 0.837. The summed E-state index contributed by atoms with van der Waals surface area (Å²) in [6.07, 6.45) is 22.4. The zero-order chi connectivity index (χ0) is 42.1. The molecule has 0 saturated carbocycles. The highest BCUT2D eigenvalue weighted by Crippen LogP contribution is 2.16. The van der Waals surface area contributed by atoms with E-state index < -0.39 is 12.2 Å². The van der Waals surface area contributed by atoms with Crippen LogP contribution in [0.25, 0.3) is 0 Å². The van der Waals surface area contributed by atoms with Crippen molar-refractivity contribution in [1.82, 2.24) is 10.6 Å². The number of allylic oxidation sites excluding steroid dienone is 1. The van der Waals surface area contributed by atoms with Crippen molar-refractivity contribution >= 4 is 29.8 Å². The number of hydrogen-bond acceptors (Lipinski definition) is 9. The summed E-state index contributed by atoms with van der Waals surface area (Å²) in [4.78, 5) is 59.3. The molecule has 0 aliphatic rings. The summed E-state index contributed by atoms with van der Waals surface area (Å²) in [6, 6.07) is -0.0609. The Morgan fingerprint density at radius 3 is 1.79 bits per heavy atom. The maximum Gasteiger partial charge on any atom is 0.416 e. The minimum Gasteiger partial charge on any atom is -0.460 e. The monoisotopic (exact) mass is 799 g/mol. The molecule has 0 saturated heterocycles. The molecule has 0 spiro atoms. The molecular weight excluding hydrogens is 716 g/mol. The predicted octanol–water partition coefficient (Wildman–Crippen LogP) is 6.74. The van der Waals surface area contributed by atoms with Gasteiger partial charge in [-0.2, -0.15) is 0 Å². The van der Waals surface area contributed by atoms with E-state index in [0.29, 0.717) is 43.4 Å². The Morgan fingerprint density at radius 1 is 0.661 bits per heavy atom. The number of amides is 3. The van der Waals surface area contributed by atoms with E-state index in [0.717, 1.165) is 96.4 Å². The number of unbranched alkanes of at least 4 members (excludes halogenated alkanes) is 14. The summed E-state index contributed by atoms with van der Waals surface area (Å²) in [5.41, 5.74) is 0. The average molecular weight is 799 g/mol. The molecule has 13 heteroatoms. The van der Waals surface area contributed by atoms with Crippen LogP contribution in [0.1, 0.15) is 149 Å². The summed E-state index contributed by atoms with van der Waals surface area (Å²) in [5.74, 6) is -0.890. The van der Waals surface area contributed by atoms with E-state index in [9.17, 15) is 29.1 Å². The minimum atomic E-state index is -0.753. The van der Waals surface area contributed by atoms with Crippen molar-refractivity contribution in [3.8, 4) is 0 Å². The molecule has 0 fully saturated rings. The molecule has 0 aromatic heterocycles. The van der Waals surface area contributed by atoms with Gasteiger partial charge in [-0.05, 0) is 51.4 Å². The molecule has 13 nitrogen and oxygen atoms in total. The average Bonchev–Trinajstić information content (AvgIpc) is 3.11. The second-order valence-corrected chi connectivity index (χ2v) is 16.4. The first-order valence-electron chi connectivity index (χ1n) is 21.6. The molecule has 0 aromatic carbocycles. The standard InChI is InChI=1S/C43H80N4O9/c1-8-9-22-28-40(56-42(52)36-46(4,5)32-34-54-37(2)48)39(50)27-23-18-14-10-11-15-19-24-29-41(51)44-30-25-20-16-12-13-17-21-26-31-45-43(53)47(6,7)33-35-55-38(3)49/h18,23,39-40,50H,8-17,19-22,24-36H2,1-7H3/p+2/b23-18-. The quantitative estimate of drug-likeness (QED) is 0.0208. The number of carbonyl (C=O) groups excluding carboxylic acids is 5. The highest BCUT2D eigenvalue weighted by atomic mass is 16.6. The lowest BCUT2D eigenvalue weighted by atomic mass is 10.0. The zero-order valence-corrected chi connectivity index (χ0v) is 36.5. The highest BCUT2D eigenvalue weighted by Gasteiger charge is 2.28. The molecule has 3 amide bonds. The van der Waals surface area contributed by atoms with Crippen molar-refractivity contribution in [1.29, 1.82) is 0 Å². The van der Waals surface area contributed by atoms with Crippen molar-refractivity contribution in [3.63, 3.8) is 0 Å². The number of carbonyl (C=O) groups is 5. The number of esters is 3. The number of aliphatic hydroxyl groups excluding tert-OH is 1. The Hall–Kier alpha value is -3.03. The SMILES string of the molecule is CCCCCC(OC(=O)C[N+](C)(C)CCOC(C)=O)C(O)C/C=C\CCCCCCCC(=O)NCCCCCCCCCCNC(=O)[N+](C)(C)CCOC(C)=O. The van der Waals surface area contributed by atoms with E-state index >= 15 is 0 Å². The third kappa shape index (κ3) is 32.1. The van der Waals surface area contributed by atoms with Gasteiger partial charge in [-0.3, -0.25) is 14.4 Å². The molecule has 3 N–H and O–H groups in total. The van der Waals surface area contributed by atoms with Crippen LogP contribution in [0.2, 0.25) is 0 Å². The minimum absolute atomic E-state index is 0.0609. The first-order chi connectivity index (χ1) is 26.6. The molecule has 2 unspecified atom stereocenters. The Balaban J connectivity index is 3.91. The van der Waals surface area contributed by atoms with E-state index in [1.54, 1.807) is 0 Å². The van der Waals surface area contributed by atoms with E-state index in [2.05, 4.69) is 23.6 Å². The zero-order valence-electron chi connectivity index (χ0n) is 36.5. The van der Waals surface area contributed by atoms with Gasteiger partial charge in [0.2, 0.25) is 5.91 Å². The van der Waals surface area contributed by atoms with Crippen molar-refractivity contribution in [3.05, 3.63) is 12.2 Å². The number of nitrogens with zero attached hydrogens (tertiary/aromatic N) is 2. The van der Waals surface area contributed by atoms with Crippen LogP contribution in [0.3, 0.4) is 0 Å². The van der Waals surface area contributed by atoms with Crippen LogP contribution in [0.5, 0.6) is 0 Å². The van der Waals surface area contributed by atoms with Gasteiger partial charge in [-0.1, -0.05) is 89.7 Å². The number of rotatable bonds is 35. The second kappa shape index (κ2) is 33.0. The van der Waals surface area contributed by atoms with Gasteiger partial charge in [0.25, 0.3) is 0 Å². The molecule has 326 valence electrons. The molecule has 0 heterocycles. The molecule has 0 bridgehead atoms. The first kappa shape index (κ1) is 53.0. The van der Waals surface area contributed by atoms with Gasteiger partial charge in [-0.25, -0.2) is 14.1 Å². The Kier molecular flexibility index (Phi) is 31.2. The van der Waals surface area contributed by atoms with E-state index in [1.165, 1.54) is 33.1 Å². The van der Waals surface area contributed by atoms with Crippen molar-refractivity contribution in [2.24, 2.45) is 0 Å². The third-order valence-corrected chi connectivity index (χ3v) is 9.89. The van der Waals surface area contributed by atoms with Crippen molar-refractivity contribution in [2.45, 2.75) is 161 Å². The van der Waals surface area contributed by atoms with Crippen LogP contribution < -0.4 is 10.6 Å². The molecule has 2 atom stereocenters. The molecule has 0 aliphatic heterocycles. The Morgan fingerprint density at radius 2 is 1.20 bits per heavy atom. The largest absolute Gasteiger partial charge is 0.460 e. The normalized spacial score (nSPS) is 12.9. The molecule has 0 aliphatic carbocycles. The molecule has 0 radical (unpaired) electrons. The Bertz CT molecular complexity index is 1110. The second-order valence-electron chi connectivity index (χ2n) is 16.4. The lowest BCUT2D eigenvalue weighted by Crippen LogP contribution is -2.53. The van der Waals surface area contributed by atoms with Crippen LogP contribution in [0.4, 0.5) is 4.79 Å². The van der Waals surface area contributed by atoms with Gasteiger partial charge in [0.05, 0.1) is 34.3 Å². The number of urea groups is 1. The highest BCUT2D eigenvalue weighted by molar-refractivity contribution is 5.75. The van der Waals surface area contributed by atoms with Gasteiger partial charge in [0.1, 0.15) is 32.4 Å². The number of hydrogen-bond donors (Lipinski definition) is 3. The third-order valence-electron chi connectivity index (χ3n) is 9.89. The maximum absolute atomic E-state index is 12.7. The van der Waals surface area contributed by atoms with Gasteiger partial charge in [-0.15, -0.1) is 0 Å².